The highest BCUT2D eigenvalue weighted by atomic mass is 35.5. The average Bonchev–Trinajstić information content (AvgIpc) is 2.74. The molecule has 0 heterocycles. The number of sulfonamides is 1. The lowest BCUT2D eigenvalue weighted by molar-refractivity contribution is -0.111. The molecular formula is C22H19ClN2O3S. The average molecular weight is 427 g/mol. The Bertz CT molecular complexity index is 1110. The van der Waals surface area contributed by atoms with E-state index >= 15 is 0 Å². The first-order chi connectivity index (χ1) is 13.9. The van der Waals surface area contributed by atoms with Crippen LogP contribution in [-0.2, 0) is 14.8 Å². The molecule has 0 saturated heterocycles. The van der Waals surface area contributed by atoms with Crippen molar-refractivity contribution in [1.82, 2.24) is 0 Å². The van der Waals surface area contributed by atoms with E-state index in [0.717, 1.165) is 5.56 Å². The first-order valence-corrected chi connectivity index (χ1v) is 10.6. The molecule has 0 aliphatic rings. The molecule has 3 rings (SSSR count). The van der Waals surface area contributed by atoms with Gasteiger partial charge in [-0.1, -0.05) is 41.9 Å². The zero-order valence-corrected chi connectivity index (χ0v) is 17.2. The lowest BCUT2D eigenvalue weighted by Crippen LogP contribution is -2.26. The fourth-order valence-electron chi connectivity index (χ4n) is 2.57. The zero-order chi connectivity index (χ0) is 20.9. The fraction of sp³-hybridized carbons (Fsp3) is 0.0455. The molecule has 3 aromatic carbocycles. The van der Waals surface area contributed by atoms with Crippen molar-refractivity contribution in [3.8, 4) is 0 Å². The predicted molar refractivity (Wildman–Crippen MR) is 118 cm³/mol. The molecule has 148 valence electrons. The maximum absolute atomic E-state index is 12.8. The minimum Gasteiger partial charge on any atom is -0.323 e. The van der Waals surface area contributed by atoms with E-state index in [1.165, 1.54) is 29.6 Å². The first-order valence-electron chi connectivity index (χ1n) is 8.75. The summed E-state index contributed by atoms with van der Waals surface area (Å²) in [6.07, 6.45) is 3.07. The van der Waals surface area contributed by atoms with Crippen molar-refractivity contribution in [3.05, 3.63) is 95.5 Å². The summed E-state index contributed by atoms with van der Waals surface area (Å²) in [4.78, 5) is 12.2. The van der Waals surface area contributed by atoms with Crippen molar-refractivity contribution in [2.45, 2.75) is 4.90 Å². The Balaban J connectivity index is 1.68. The van der Waals surface area contributed by atoms with E-state index in [9.17, 15) is 13.2 Å². The molecule has 5 nitrogen and oxygen atoms in total. The third-order valence-electron chi connectivity index (χ3n) is 4.20. The van der Waals surface area contributed by atoms with Gasteiger partial charge < -0.3 is 5.32 Å². The largest absolute Gasteiger partial charge is 0.323 e. The van der Waals surface area contributed by atoms with E-state index in [-0.39, 0.29) is 10.8 Å². The van der Waals surface area contributed by atoms with E-state index in [1.807, 2.05) is 6.07 Å². The normalized spacial score (nSPS) is 11.4. The summed E-state index contributed by atoms with van der Waals surface area (Å²) in [5.41, 5.74) is 1.91. The highest BCUT2D eigenvalue weighted by Crippen LogP contribution is 2.23. The van der Waals surface area contributed by atoms with Crippen LogP contribution < -0.4 is 9.62 Å². The van der Waals surface area contributed by atoms with Crippen molar-refractivity contribution < 1.29 is 13.2 Å². The van der Waals surface area contributed by atoms with Gasteiger partial charge in [0.1, 0.15) is 0 Å². The van der Waals surface area contributed by atoms with E-state index in [4.69, 9.17) is 11.6 Å². The van der Waals surface area contributed by atoms with Crippen LogP contribution in [0.3, 0.4) is 0 Å². The molecule has 1 amide bonds. The molecule has 0 radical (unpaired) electrons. The van der Waals surface area contributed by atoms with E-state index < -0.39 is 10.0 Å². The van der Waals surface area contributed by atoms with Crippen LogP contribution in [0.1, 0.15) is 5.56 Å². The van der Waals surface area contributed by atoms with Crippen LogP contribution in [0.4, 0.5) is 11.4 Å². The molecule has 0 saturated carbocycles. The molecule has 0 aliphatic carbocycles. The SMILES string of the molecule is CN(c1ccccc1)S(=O)(=O)c1ccc(NC(=O)/C=C/c2ccc(Cl)cc2)cc1. The molecule has 0 atom stereocenters. The third-order valence-corrected chi connectivity index (χ3v) is 6.25. The summed E-state index contributed by atoms with van der Waals surface area (Å²) in [6.45, 7) is 0. The van der Waals surface area contributed by atoms with Gasteiger partial charge in [0.15, 0.2) is 0 Å². The van der Waals surface area contributed by atoms with Crippen molar-refractivity contribution in [2.75, 3.05) is 16.7 Å². The topological polar surface area (TPSA) is 66.5 Å². The smallest absolute Gasteiger partial charge is 0.264 e. The Labute approximate surface area is 175 Å². The van der Waals surface area contributed by atoms with Gasteiger partial charge in [0.05, 0.1) is 10.6 Å². The van der Waals surface area contributed by atoms with E-state index in [0.29, 0.717) is 16.4 Å². The molecule has 0 spiro atoms. The van der Waals surface area contributed by atoms with Crippen LogP contribution in [0.5, 0.6) is 0 Å². The monoisotopic (exact) mass is 426 g/mol. The molecule has 7 heteroatoms. The second-order valence-corrected chi connectivity index (χ2v) is 8.61. The summed E-state index contributed by atoms with van der Waals surface area (Å²) < 4.78 is 26.8. The predicted octanol–water partition coefficient (Wildman–Crippen LogP) is 4.82. The molecular weight excluding hydrogens is 408 g/mol. The Hall–Kier alpha value is -3.09. The molecule has 0 bridgehead atoms. The summed E-state index contributed by atoms with van der Waals surface area (Å²) in [6, 6.07) is 21.9. The number of benzene rings is 3. The third kappa shape index (κ3) is 5.25. The molecule has 3 aromatic rings. The van der Waals surface area contributed by atoms with Crippen LogP contribution >= 0.6 is 11.6 Å². The molecule has 0 aromatic heterocycles. The van der Waals surface area contributed by atoms with Gasteiger partial charge in [0, 0.05) is 23.8 Å². The number of anilines is 2. The van der Waals surface area contributed by atoms with E-state index in [2.05, 4.69) is 5.32 Å². The van der Waals surface area contributed by atoms with Crippen molar-refractivity contribution >= 4 is 45.0 Å². The summed E-state index contributed by atoms with van der Waals surface area (Å²) in [7, 11) is -2.19. The maximum atomic E-state index is 12.8. The molecule has 0 fully saturated rings. The quantitative estimate of drug-likeness (QED) is 0.575. The number of hydrogen-bond acceptors (Lipinski definition) is 3. The first kappa shape index (κ1) is 20.6. The van der Waals surface area contributed by atoms with Gasteiger partial charge >= 0.3 is 0 Å². The number of carbonyl (C=O) groups excluding carboxylic acids is 1. The van der Waals surface area contributed by atoms with Crippen LogP contribution in [0.15, 0.2) is 89.8 Å². The fourth-order valence-corrected chi connectivity index (χ4v) is 3.90. The van der Waals surface area contributed by atoms with Crippen LogP contribution in [0.25, 0.3) is 6.08 Å². The lowest BCUT2D eigenvalue weighted by atomic mass is 10.2. The Kier molecular flexibility index (Phi) is 6.36. The Morgan fingerprint density at radius 3 is 2.17 bits per heavy atom. The Morgan fingerprint density at radius 1 is 0.931 bits per heavy atom. The Morgan fingerprint density at radius 2 is 1.55 bits per heavy atom. The standard InChI is InChI=1S/C22H19ClN2O3S/c1-25(20-5-3-2-4-6-20)29(27,28)21-14-12-19(13-15-21)24-22(26)16-9-17-7-10-18(23)11-8-17/h2-16H,1H3,(H,24,26)/b16-9+. The number of amides is 1. The summed E-state index contributed by atoms with van der Waals surface area (Å²) in [5.74, 6) is -0.322. The van der Waals surface area contributed by atoms with Crippen molar-refractivity contribution in [1.29, 1.82) is 0 Å². The highest BCUT2D eigenvalue weighted by molar-refractivity contribution is 7.92. The molecule has 0 aliphatic heterocycles. The van der Waals surface area contributed by atoms with Gasteiger partial charge in [0.25, 0.3) is 10.0 Å². The number of para-hydroxylation sites is 1. The second kappa shape index (κ2) is 8.94. The zero-order valence-electron chi connectivity index (χ0n) is 15.6. The number of nitrogens with one attached hydrogen (secondary N) is 1. The molecule has 0 unspecified atom stereocenters. The number of carbonyl (C=O) groups is 1. The second-order valence-electron chi connectivity index (χ2n) is 6.21. The lowest BCUT2D eigenvalue weighted by Gasteiger charge is -2.19. The molecule has 29 heavy (non-hydrogen) atoms. The number of halogens is 1. The van der Waals surface area contributed by atoms with Crippen LogP contribution in [-0.4, -0.2) is 21.4 Å². The molecule has 1 N–H and O–H groups in total. The number of rotatable bonds is 6. The minimum absolute atomic E-state index is 0.138. The number of nitrogens with zero attached hydrogens (tertiary/aromatic N) is 1. The summed E-state index contributed by atoms with van der Waals surface area (Å²) in [5, 5.41) is 3.33. The van der Waals surface area contributed by atoms with Gasteiger partial charge in [-0.15, -0.1) is 0 Å². The van der Waals surface area contributed by atoms with Crippen LogP contribution in [0.2, 0.25) is 5.02 Å². The maximum Gasteiger partial charge on any atom is 0.264 e. The van der Waals surface area contributed by atoms with Gasteiger partial charge in [-0.2, -0.15) is 0 Å². The van der Waals surface area contributed by atoms with Crippen LogP contribution in [0, 0.1) is 0 Å². The van der Waals surface area contributed by atoms with E-state index in [1.54, 1.807) is 66.7 Å². The number of hydrogen-bond donors (Lipinski definition) is 1. The van der Waals surface area contributed by atoms with Crippen molar-refractivity contribution in [2.24, 2.45) is 0 Å². The highest BCUT2D eigenvalue weighted by Gasteiger charge is 2.20. The summed E-state index contributed by atoms with van der Waals surface area (Å²) >= 11 is 5.83. The minimum atomic E-state index is -3.69. The van der Waals surface area contributed by atoms with Gasteiger partial charge in [-0.3, -0.25) is 9.10 Å². The van der Waals surface area contributed by atoms with Crippen molar-refractivity contribution in [3.63, 3.8) is 0 Å². The van der Waals surface area contributed by atoms with Gasteiger partial charge in [0.2, 0.25) is 5.91 Å². The van der Waals surface area contributed by atoms with Gasteiger partial charge in [-0.25, -0.2) is 8.42 Å². The van der Waals surface area contributed by atoms with Gasteiger partial charge in [-0.05, 0) is 60.2 Å².